The Hall–Kier alpha value is -0.600. The molecule has 0 radical (unpaired) electrons. The van der Waals surface area contributed by atoms with Crippen molar-refractivity contribution >= 4 is 0 Å². The number of nitrogens with zero attached hydrogens (tertiary/aromatic N) is 1. The minimum atomic E-state index is -0.184. The average molecular weight is 237 g/mol. The van der Waals surface area contributed by atoms with Gasteiger partial charge in [-0.15, -0.1) is 0 Å². The van der Waals surface area contributed by atoms with Crippen molar-refractivity contribution in [3.8, 4) is 0 Å². The van der Waals surface area contributed by atoms with Gasteiger partial charge >= 0.3 is 0 Å². The Morgan fingerprint density at radius 2 is 2.18 bits per heavy atom. The van der Waals surface area contributed by atoms with Crippen LogP contribution in [0.4, 0.5) is 0 Å². The molecule has 0 aromatic rings. The standard InChI is InChI=1S/C15H27NO/c1-4-16(3)12-11-14-9-7-5-6-8-10-15(17)13(14)2/h5-6,9,13,15,17H,4,7-8,10-12H2,1-3H3/b6-5-,14-9?/t13?,15-/m1/s1. The Morgan fingerprint density at radius 1 is 1.41 bits per heavy atom. The summed E-state index contributed by atoms with van der Waals surface area (Å²) in [5, 5.41) is 10.1. The molecule has 1 N–H and O–H groups in total. The van der Waals surface area contributed by atoms with Crippen LogP contribution in [-0.4, -0.2) is 36.2 Å². The monoisotopic (exact) mass is 237 g/mol. The van der Waals surface area contributed by atoms with Crippen LogP contribution < -0.4 is 0 Å². The Bertz CT molecular complexity index is 270. The predicted molar refractivity (Wildman–Crippen MR) is 74.0 cm³/mol. The molecule has 0 aliphatic heterocycles. The lowest BCUT2D eigenvalue weighted by atomic mass is 9.90. The number of aliphatic hydroxyl groups is 1. The lowest BCUT2D eigenvalue weighted by molar-refractivity contribution is 0.122. The predicted octanol–water partition coefficient (Wildman–Crippen LogP) is 2.99. The molecule has 0 saturated heterocycles. The number of aliphatic hydroxyl groups excluding tert-OH is 1. The molecular weight excluding hydrogens is 210 g/mol. The molecule has 1 unspecified atom stereocenters. The molecule has 0 fully saturated rings. The summed E-state index contributed by atoms with van der Waals surface area (Å²) in [5.41, 5.74) is 1.42. The van der Waals surface area contributed by atoms with E-state index in [4.69, 9.17) is 0 Å². The van der Waals surface area contributed by atoms with E-state index in [1.165, 1.54) is 5.57 Å². The van der Waals surface area contributed by atoms with E-state index < -0.39 is 0 Å². The van der Waals surface area contributed by atoms with Crippen molar-refractivity contribution in [1.82, 2.24) is 4.90 Å². The molecule has 2 atom stereocenters. The third-order valence-corrected chi connectivity index (χ3v) is 3.80. The van der Waals surface area contributed by atoms with Gasteiger partial charge in [-0.25, -0.2) is 0 Å². The minimum absolute atomic E-state index is 0.184. The van der Waals surface area contributed by atoms with Gasteiger partial charge in [-0.1, -0.05) is 37.6 Å². The van der Waals surface area contributed by atoms with Crippen LogP contribution in [0.5, 0.6) is 0 Å². The molecule has 0 aromatic carbocycles. The Balaban J connectivity index is 2.60. The summed E-state index contributed by atoms with van der Waals surface area (Å²) < 4.78 is 0. The fourth-order valence-electron chi connectivity index (χ4n) is 2.19. The van der Waals surface area contributed by atoms with Gasteiger partial charge in [0.2, 0.25) is 0 Å². The van der Waals surface area contributed by atoms with Crippen molar-refractivity contribution in [2.45, 2.75) is 45.6 Å². The summed E-state index contributed by atoms with van der Waals surface area (Å²) in [4.78, 5) is 2.32. The number of rotatable bonds is 4. The Labute approximate surface area is 106 Å². The van der Waals surface area contributed by atoms with Gasteiger partial charge in [-0.05, 0) is 39.3 Å². The number of hydrogen-bond donors (Lipinski definition) is 1. The van der Waals surface area contributed by atoms with Crippen LogP contribution in [0, 0.1) is 5.92 Å². The van der Waals surface area contributed by atoms with Gasteiger partial charge in [-0.2, -0.15) is 0 Å². The summed E-state index contributed by atoms with van der Waals surface area (Å²) >= 11 is 0. The normalized spacial score (nSPS) is 28.2. The van der Waals surface area contributed by atoms with Gasteiger partial charge in [-0.3, -0.25) is 0 Å². The zero-order valence-corrected chi connectivity index (χ0v) is 11.5. The molecule has 1 rings (SSSR count). The third-order valence-electron chi connectivity index (χ3n) is 3.80. The molecule has 1 aliphatic carbocycles. The maximum atomic E-state index is 10.1. The molecule has 0 heterocycles. The summed E-state index contributed by atoms with van der Waals surface area (Å²) in [6.07, 6.45) is 10.5. The largest absolute Gasteiger partial charge is 0.393 e. The van der Waals surface area contributed by atoms with E-state index in [1.807, 2.05) is 0 Å². The maximum absolute atomic E-state index is 10.1. The van der Waals surface area contributed by atoms with Crippen molar-refractivity contribution in [2.75, 3.05) is 20.1 Å². The van der Waals surface area contributed by atoms with Gasteiger partial charge in [0.05, 0.1) is 6.10 Å². The first kappa shape index (κ1) is 14.5. The molecule has 0 spiro atoms. The average Bonchev–Trinajstić information content (AvgIpc) is 2.41. The van der Waals surface area contributed by atoms with Crippen LogP contribution in [-0.2, 0) is 0 Å². The van der Waals surface area contributed by atoms with Crippen molar-refractivity contribution in [1.29, 1.82) is 0 Å². The quantitative estimate of drug-likeness (QED) is 0.760. The topological polar surface area (TPSA) is 23.5 Å². The first-order valence-electron chi connectivity index (χ1n) is 6.85. The van der Waals surface area contributed by atoms with E-state index in [1.54, 1.807) is 0 Å². The van der Waals surface area contributed by atoms with Crippen LogP contribution in [0.1, 0.15) is 39.5 Å². The van der Waals surface area contributed by atoms with Gasteiger partial charge < -0.3 is 10.0 Å². The highest BCUT2D eigenvalue weighted by Gasteiger charge is 2.18. The molecule has 0 amide bonds. The van der Waals surface area contributed by atoms with E-state index >= 15 is 0 Å². The molecule has 0 aromatic heterocycles. The second-order valence-corrected chi connectivity index (χ2v) is 5.07. The van der Waals surface area contributed by atoms with E-state index in [0.717, 1.165) is 38.8 Å². The van der Waals surface area contributed by atoms with Crippen LogP contribution in [0.2, 0.25) is 0 Å². The van der Waals surface area contributed by atoms with Gasteiger partial charge in [0.25, 0.3) is 0 Å². The van der Waals surface area contributed by atoms with Gasteiger partial charge in [0, 0.05) is 12.5 Å². The highest BCUT2D eigenvalue weighted by Crippen LogP contribution is 2.23. The Kier molecular flexibility index (Phi) is 6.53. The van der Waals surface area contributed by atoms with E-state index in [0.29, 0.717) is 5.92 Å². The molecule has 0 bridgehead atoms. The summed E-state index contributed by atoms with van der Waals surface area (Å²) in [6.45, 7) is 6.51. The van der Waals surface area contributed by atoms with Gasteiger partial charge in [0.15, 0.2) is 0 Å². The molecule has 2 nitrogen and oxygen atoms in total. The Morgan fingerprint density at radius 3 is 2.88 bits per heavy atom. The summed E-state index contributed by atoms with van der Waals surface area (Å²) in [7, 11) is 2.15. The molecule has 98 valence electrons. The molecule has 0 saturated carbocycles. The zero-order chi connectivity index (χ0) is 12.7. The van der Waals surface area contributed by atoms with E-state index in [9.17, 15) is 5.11 Å². The minimum Gasteiger partial charge on any atom is -0.393 e. The first-order valence-corrected chi connectivity index (χ1v) is 6.85. The molecule has 2 heteroatoms. The fraction of sp³-hybridized carbons (Fsp3) is 0.733. The molecule has 17 heavy (non-hydrogen) atoms. The van der Waals surface area contributed by atoms with Crippen molar-refractivity contribution < 1.29 is 5.11 Å². The molecular formula is C15H27NO. The SMILES string of the molecule is CCN(C)CCC1=CC/C=C\CC[C@@H](O)C1C. The lowest BCUT2D eigenvalue weighted by Gasteiger charge is -2.23. The lowest BCUT2D eigenvalue weighted by Crippen LogP contribution is -2.24. The van der Waals surface area contributed by atoms with Crippen LogP contribution in [0.25, 0.3) is 0 Å². The highest BCUT2D eigenvalue weighted by molar-refractivity contribution is 5.11. The highest BCUT2D eigenvalue weighted by atomic mass is 16.3. The maximum Gasteiger partial charge on any atom is 0.0605 e. The van der Waals surface area contributed by atoms with Crippen molar-refractivity contribution in [3.63, 3.8) is 0 Å². The summed E-state index contributed by atoms with van der Waals surface area (Å²) in [6, 6.07) is 0. The van der Waals surface area contributed by atoms with Gasteiger partial charge in [0.1, 0.15) is 0 Å². The van der Waals surface area contributed by atoms with Crippen LogP contribution in [0.15, 0.2) is 23.8 Å². The van der Waals surface area contributed by atoms with Crippen molar-refractivity contribution in [2.24, 2.45) is 5.92 Å². The number of hydrogen-bond acceptors (Lipinski definition) is 2. The van der Waals surface area contributed by atoms with E-state index in [2.05, 4.69) is 44.0 Å². The number of allylic oxidation sites excluding steroid dienone is 3. The first-order chi connectivity index (χ1) is 8.15. The van der Waals surface area contributed by atoms with Crippen LogP contribution >= 0.6 is 0 Å². The smallest absolute Gasteiger partial charge is 0.0605 e. The third kappa shape index (κ3) is 5.05. The second kappa shape index (κ2) is 7.67. The zero-order valence-electron chi connectivity index (χ0n) is 11.5. The van der Waals surface area contributed by atoms with E-state index in [-0.39, 0.29) is 6.10 Å². The second-order valence-electron chi connectivity index (χ2n) is 5.07. The van der Waals surface area contributed by atoms with Crippen LogP contribution in [0.3, 0.4) is 0 Å². The molecule has 1 aliphatic rings. The van der Waals surface area contributed by atoms with Crippen molar-refractivity contribution in [3.05, 3.63) is 23.8 Å². The summed E-state index contributed by atoms with van der Waals surface area (Å²) in [5.74, 6) is 0.306. The fourth-order valence-corrected chi connectivity index (χ4v) is 2.19.